The van der Waals surface area contributed by atoms with E-state index in [1.54, 1.807) is 12.1 Å². The van der Waals surface area contributed by atoms with Crippen LogP contribution in [0.3, 0.4) is 0 Å². The molecule has 122 valence electrons. The van der Waals surface area contributed by atoms with Gasteiger partial charge in [-0.2, -0.15) is 0 Å². The Morgan fingerprint density at radius 2 is 1.95 bits per heavy atom. The molecule has 1 heterocycles. The molecule has 0 spiro atoms. The van der Waals surface area contributed by atoms with E-state index in [1.807, 2.05) is 19.2 Å². The van der Waals surface area contributed by atoms with E-state index in [4.69, 9.17) is 5.11 Å². The highest BCUT2D eigenvalue weighted by Crippen LogP contribution is 2.20. The van der Waals surface area contributed by atoms with Gasteiger partial charge in [-0.05, 0) is 24.3 Å². The topological polar surface area (TPSA) is 95.5 Å². The van der Waals surface area contributed by atoms with Gasteiger partial charge in [0.25, 0.3) is 5.91 Å². The molecule has 0 aliphatic rings. The van der Waals surface area contributed by atoms with E-state index in [9.17, 15) is 14.4 Å². The molecule has 1 aromatic rings. The molecule has 7 heteroatoms. The lowest BCUT2D eigenvalue weighted by molar-refractivity contribution is -0.139. The summed E-state index contributed by atoms with van der Waals surface area (Å²) in [5.41, 5.74) is -0.722. The fourth-order valence-electron chi connectivity index (χ4n) is 2.15. The van der Waals surface area contributed by atoms with Gasteiger partial charge >= 0.3 is 5.97 Å². The van der Waals surface area contributed by atoms with Crippen LogP contribution in [0.15, 0.2) is 17.5 Å². The summed E-state index contributed by atoms with van der Waals surface area (Å²) in [5, 5.41) is 16.3. The summed E-state index contributed by atoms with van der Waals surface area (Å²) < 4.78 is 0. The molecular formula is C15H22N2O4S. The zero-order valence-electron chi connectivity index (χ0n) is 12.8. The van der Waals surface area contributed by atoms with Crippen LogP contribution in [0.1, 0.15) is 49.2 Å². The first-order valence-corrected chi connectivity index (χ1v) is 8.15. The first kappa shape index (κ1) is 18.2. The average molecular weight is 326 g/mol. The van der Waals surface area contributed by atoms with Crippen LogP contribution >= 0.6 is 11.3 Å². The summed E-state index contributed by atoms with van der Waals surface area (Å²) in [5.74, 6) is -1.39. The van der Waals surface area contributed by atoms with Gasteiger partial charge in [-0.1, -0.05) is 19.9 Å². The molecule has 0 saturated carbocycles. The van der Waals surface area contributed by atoms with E-state index in [-0.39, 0.29) is 31.2 Å². The Morgan fingerprint density at radius 3 is 2.45 bits per heavy atom. The lowest BCUT2D eigenvalue weighted by Crippen LogP contribution is -2.49. The Hall–Kier alpha value is -1.89. The highest BCUT2D eigenvalue weighted by Gasteiger charge is 2.30. The number of amides is 2. The van der Waals surface area contributed by atoms with Crippen LogP contribution in [-0.4, -0.2) is 35.0 Å². The molecule has 1 aromatic heterocycles. The molecule has 0 unspecified atom stereocenters. The minimum Gasteiger partial charge on any atom is -0.481 e. The number of aliphatic carboxylic acids is 1. The van der Waals surface area contributed by atoms with Crippen molar-refractivity contribution < 1.29 is 19.5 Å². The second-order valence-corrected chi connectivity index (χ2v) is 6.04. The molecule has 0 saturated heterocycles. The van der Waals surface area contributed by atoms with E-state index in [0.29, 0.717) is 17.7 Å². The maximum absolute atomic E-state index is 12.0. The third-order valence-electron chi connectivity index (χ3n) is 3.63. The van der Waals surface area contributed by atoms with E-state index in [0.717, 1.165) is 0 Å². The molecule has 1 rings (SSSR count). The quantitative estimate of drug-likeness (QED) is 0.647. The van der Waals surface area contributed by atoms with Crippen LogP contribution in [0.2, 0.25) is 0 Å². The number of carboxylic acid groups (broad SMARTS) is 1. The van der Waals surface area contributed by atoms with Crippen LogP contribution in [0.25, 0.3) is 0 Å². The Kier molecular flexibility index (Phi) is 7.04. The van der Waals surface area contributed by atoms with Gasteiger partial charge in [0.15, 0.2) is 0 Å². The van der Waals surface area contributed by atoms with Gasteiger partial charge in [-0.3, -0.25) is 14.4 Å². The van der Waals surface area contributed by atoms with Crippen molar-refractivity contribution in [3.8, 4) is 0 Å². The van der Waals surface area contributed by atoms with Crippen molar-refractivity contribution in [1.82, 2.24) is 10.6 Å². The highest BCUT2D eigenvalue weighted by atomic mass is 32.1. The molecule has 0 fully saturated rings. The monoisotopic (exact) mass is 326 g/mol. The molecule has 0 bridgehead atoms. The number of carboxylic acids is 1. The molecule has 22 heavy (non-hydrogen) atoms. The standard InChI is InChI=1S/C15H22N2O4S/c1-3-15(4-2,10-13(19)20)17-12(18)7-8-16-14(21)11-6-5-9-22-11/h5-6,9H,3-4,7-8,10H2,1-2H3,(H,16,21)(H,17,18)(H,19,20). The number of carbonyl (C=O) groups is 3. The normalized spacial score (nSPS) is 11.0. The fraction of sp³-hybridized carbons (Fsp3) is 0.533. The Morgan fingerprint density at radius 1 is 1.27 bits per heavy atom. The summed E-state index contributed by atoms with van der Waals surface area (Å²) >= 11 is 1.34. The first-order chi connectivity index (χ1) is 10.4. The largest absolute Gasteiger partial charge is 0.481 e. The van der Waals surface area contributed by atoms with Crippen LogP contribution in [-0.2, 0) is 9.59 Å². The lowest BCUT2D eigenvalue weighted by atomic mass is 9.89. The van der Waals surface area contributed by atoms with Crippen molar-refractivity contribution in [2.45, 2.75) is 45.1 Å². The third kappa shape index (κ3) is 5.48. The Bertz CT molecular complexity index is 510. The zero-order chi connectivity index (χ0) is 16.6. The van der Waals surface area contributed by atoms with Gasteiger partial charge in [-0.15, -0.1) is 11.3 Å². The molecule has 6 nitrogen and oxygen atoms in total. The van der Waals surface area contributed by atoms with Crippen molar-refractivity contribution in [3.63, 3.8) is 0 Å². The predicted octanol–water partition coefficient (Wildman–Crippen LogP) is 2.02. The number of hydrogen-bond acceptors (Lipinski definition) is 4. The summed E-state index contributed by atoms with van der Waals surface area (Å²) in [7, 11) is 0. The summed E-state index contributed by atoms with van der Waals surface area (Å²) in [6.07, 6.45) is 1.11. The summed E-state index contributed by atoms with van der Waals surface area (Å²) in [4.78, 5) is 35.2. The fourth-order valence-corrected chi connectivity index (χ4v) is 2.79. The molecule has 0 radical (unpaired) electrons. The van der Waals surface area contributed by atoms with Crippen LogP contribution in [0.5, 0.6) is 0 Å². The second-order valence-electron chi connectivity index (χ2n) is 5.09. The SMILES string of the molecule is CCC(CC)(CC(=O)O)NC(=O)CCNC(=O)c1cccs1. The van der Waals surface area contributed by atoms with Crippen LogP contribution < -0.4 is 10.6 Å². The Labute approximate surface area is 133 Å². The van der Waals surface area contributed by atoms with Gasteiger partial charge in [0, 0.05) is 18.5 Å². The summed E-state index contributed by atoms with van der Waals surface area (Å²) in [6, 6.07) is 3.50. The van der Waals surface area contributed by atoms with Gasteiger partial charge in [-0.25, -0.2) is 0 Å². The van der Waals surface area contributed by atoms with E-state index in [1.165, 1.54) is 11.3 Å². The van der Waals surface area contributed by atoms with Gasteiger partial charge in [0.05, 0.1) is 11.3 Å². The van der Waals surface area contributed by atoms with Gasteiger partial charge in [0.1, 0.15) is 0 Å². The number of rotatable bonds is 9. The minimum absolute atomic E-state index is 0.104. The van der Waals surface area contributed by atoms with Gasteiger partial charge in [0.2, 0.25) is 5.91 Å². The smallest absolute Gasteiger partial charge is 0.305 e. The van der Waals surface area contributed by atoms with Crippen LogP contribution in [0, 0.1) is 0 Å². The Balaban J connectivity index is 2.44. The first-order valence-electron chi connectivity index (χ1n) is 7.27. The second kappa shape index (κ2) is 8.53. The predicted molar refractivity (Wildman–Crippen MR) is 85.0 cm³/mol. The van der Waals surface area contributed by atoms with Gasteiger partial charge < -0.3 is 15.7 Å². The molecule has 0 aromatic carbocycles. The molecule has 3 N–H and O–H groups in total. The number of carbonyl (C=O) groups excluding carboxylic acids is 2. The number of thiophene rings is 1. The number of nitrogens with one attached hydrogen (secondary N) is 2. The van der Waals surface area contributed by atoms with E-state index >= 15 is 0 Å². The minimum atomic E-state index is -0.935. The average Bonchev–Trinajstić information content (AvgIpc) is 3.00. The lowest BCUT2D eigenvalue weighted by Gasteiger charge is -2.31. The number of hydrogen-bond donors (Lipinski definition) is 3. The van der Waals surface area contributed by atoms with Crippen molar-refractivity contribution >= 4 is 29.1 Å². The highest BCUT2D eigenvalue weighted by molar-refractivity contribution is 7.12. The van der Waals surface area contributed by atoms with Crippen molar-refractivity contribution in [1.29, 1.82) is 0 Å². The molecule has 2 amide bonds. The molecule has 0 aliphatic carbocycles. The van der Waals surface area contributed by atoms with Crippen molar-refractivity contribution in [2.24, 2.45) is 0 Å². The maximum Gasteiger partial charge on any atom is 0.305 e. The van der Waals surface area contributed by atoms with Crippen LogP contribution in [0.4, 0.5) is 0 Å². The maximum atomic E-state index is 12.0. The molecule has 0 aliphatic heterocycles. The molecular weight excluding hydrogens is 304 g/mol. The zero-order valence-corrected chi connectivity index (χ0v) is 13.7. The third-order valence-corrected chi connectivity index (χ3v) is 4.50. The summed E-state index contributed by atoms with van der Waals surface area (Å²) in [6.45, 7) is 3.93. The van der Waals surface area contributed by atoms with Crippen molar-refractivity contribution in [3.05, 3.63) is 22.4 Å². The van der Waals surface area contributed by atoms with E-state index in [2.05, 4.69) is 10.6 Å². The van der Waals surface area contributed by atoms with Crippen molar-refractivity contribution in [2.75, 3.05) is 6.54 Å². The van der Waals surface area contributed by atoms with E-state index < -0.39 is 11.5 Å². The molecule has 0 atom stereocenters.